The van der Waals surface area contributed by atoms with E-state index in [1.807, 2.05) is 0 Å². The van der Waals surface area contributed by atoms with Gasteiger partial charge in [-0.1, -0.05) is 42.1 Å². The number of alkyl halides is 3. The fourth-order valence-corrected chi connectivity index (χ4v) is 6.37. The molecule has 2 aromatic heterocycles. The number of nitrogens with zero attached hydrogens (tertiary/aromatic N) is 2. The predicted molar refractivity (Wildman–Crippen MR) is 123 cm³/mol. The van der Waals surface area contributed by atoms with Crippen LogP contribution >= 0.6 is 23.1 Å². The summed E-state index contributed by atoms with van der Waals surface area (Å²) >= 11 is 2.61. The highest BCUT2D eigenvalue weighted by molar-refractivity contribution is 7.98. The van der Waals surface area contributed by atoms with Gasteiger partial charge in [-0.25, -0.2) is 9.37 Å². The van der Waals surface area contributed by atoms with Crippen LogP contribution in [0.4, 0.5) is 17.6 Å². The fourth-order valence-electron chi connectivity index (χ4n) is 4.11. The standard InChI is InChI=1S/C24H18F4N2OS2/c25-17-9-2-3-10-18(17)30-22(31)20-16-8-1-4-11-19(16)33-21(20)29-23(30)32-13-14-6-5-7-15(12-14)24(26,27)28/h2-3,5-7,9-10,12H,1,4,8,11,13H2. The van der Waals surface area contributed by atoms with Gasteiger partial charge in [-0.2, -0.15) is 13.2 Å². The van der Waals surface area contributed by atoms with Crippen LogP contribution in [0.1, 0.15) is 34.4 Å². The first-order valence-corrected chi connectivity index (χ1v) is 12.2. The summed E-state index contributed by atoms with van der Waals surface area (Å²) < 4.78 is 55.3. The van der Waals surface area contributed by atoms with Crippen molar-refractivity contribution in [2.24, 2.45) is 0 Å². The number of rotatable bonds is 4. The Morgan fingerprint density at radius 1 is 1.06 bits per heavy atom. The normalized spacial score (nSPS) is 13.9. The van der Waals surface area contributed by atoms with E-state index in [2.05, 4.69) is 0 Å². The molecule has 0 saturated heterocycles. The lowest BCUT2D eigenvalue weighted by atomic mass is 9.97. The Morgan fingerprint density at radius 2 is 1.85 bits per heavy atom. The first-order chi connectivity index (χ1) is 15.8. The number of aromatic nitrogens is 2. The molecule has 5 rings (SSSR count). The number of aryl methyl sites for hydroxylation is 2. The number of fused-ring (bicyclic) bond motifs is 3. The first kappa shape index (κ1) is 22.2. The minimum absolute atomic E-state index is 0.0826. The number of thiophene rings is 1. The number of thioether (sulfide) groups is 1. The van der Waals surface area contributed by atoms with Crippen LogP contribution in [-0.4, -0.2) is 9.55 Å². The van der Waals surface area contributed by atoms with E-state index in [1.165, 1.54) is 40.2 Å². The molecule has 0 amide bonds. The van der Waals surface area contributed by atoms with Gasteiger partial charge in [-0.05, 0) is 55.0 Å². The molecule has 3 nitrogen and oxygen atoms in total. The van der Waals surface area contributed by atoms with Crippen molar-refractivity contribution in [1.29, 1.82) is 0 Å². The SMILES string of the molecule is O=c1c2c3c(sc2nc(SCc2cccc(C(F)(F)F)c2)n1-c1ccccc1F)CCCC3. The van der Waals surface area contributed by atoms with E-state index in [-0.39, 0.29) is 22.2 Å². The third-order valence-electron chi connectivity index (χ3n) is 5.67. The maximum absolute atomic E-state index is 14.7. The van der Waals surface area contributed by atoms with Crippen LogP contribution in [0.15, 0.2) is 58.5 Å². The van der Waals surface area contributed by atoms with Gasteiger partial charge in [0.2, 0.25) is 0 Å². The summed E-state index contributed by atoms with van der Waals surface area (Å²) in [6, 6.07) is 11.0. The van der Waals surface area contributed by atoms with Gasteiger partial charge in [0.25, 0.3) is 5.56 Å². The molecule has 4 aromatic rings. The van der Waals surface area contributed by atoms with Crippen molar-refractivity contribution in [2.75, 3.05) is 0 Å². The average Bonchev–Trinajstić information content (AvgIpc) is 3.17. The minimum atomic E-state index is -4.44. The van der Waals surface area contributed by atoms with Gasteiger partial charge in [-0.15, -0.1) is 11.3 Å². The largest absolute Gasteiger partial charge is 0.416 e. The summed E-state index contributed by atoms with van der Waals surface area (Å²) in [7, 11) is 0. The van der Waals surface area contributed by atoms with Gasteiger partial charge in [0, 0.05) is 10.6 Å². The maximum Gasteiger partial charge on any atom is 0.416 e. The van der Waals surface area contributed by atoms with Crippen molar-refractivity contribution >= 4 is 33.3 Å². The third-order valence-corrected chi connectivity index (χ3v) is 7.87. The lowest BCUT2D eigenvalue weighted by molar-refractivity contribution is -0.137. The van der Waals surface area contributed by atoms with Crippen molar-refractivity contribution in [1.82, 2.24) is 9.55 Å². The van der Waals surface area contributed by atoms with Gasteiger partial charge >= 0.3 is 6.18 Å². The van der Waals surface area contributed by atoms with Crippen LogP contribution in [0.25, 0.3) is 15.9 Å². The second kappa shape index (κ2) is 8.61. The Morgan fingerprint density at radius 3 is 2.64 bits per heavy atom. The van der Waals surface area contributed by atoms with E-state index in [4.69, 9.17) is 4.98 Å². The van der Waals surface area contributed by atoms with E-state index in [9.17, 15) is 22.4 Å². The molecule has 170 valence electrons. The monoisotopic (exact) mass is 490 g/mol. The maximum atomic E-state index is 14.7. The molecule has 0 fully saturated rings. The summed E-state index contributed by atoms with van der Waals surface area (Å²) in [5.74, 6) is -0.410. The van der Waals surface area contributed by atoms with E-state index < -0.39 is 17.6 Å². The van der Waals surface area contributed by atoms with Crippen LogP contribution in [0.3, 0.4) is 0 Å². The molecule has 0 unspecified atom stereocenters. The Hall–Kier alpha value is -2.65. The molecule has 0 radical (unpaired) electrons. The van der Waals surface area contributed by atoms with Gasteiger partial charge < -0.3 is 0 Å². The molecule has 0 aliphatic heterocycles. The predicted octanol–water partition coefficient (Wildman–Crippen LogP) is 6.78. The number of para-hydroxylation sites is 1. The van der Waals surface area contributed by atoms with Gasteiger partial charge in [-0.3, -0.25) is 9.36 Å². The minimum Gasteiger partial charge on any atom is -0.268 e. The number of halogens is 4. The summed E-state index contributed by atoms with van der Waals surface area (Å²) in [5, 5.41) is 0.787. The molecule has 9 heteroatoms. The summed E-state index contributed by atoms with van der Waals surface area (Å²) in [4.78, 5) is 20.1. The molecule has 1 aliphatic carbocycles. The van der Waals surface area contributed by atoms with E-state index in [1.54, 1.807) is 12.1 Å². The van der Waals surface area contributed by atoms with Crippen LogP contribution in [0.2, 0.25) is 0 Å². The topological polar surface area (TPSA) is 34.9 Å². The molecule has 0 saturated carbocycles. The fraction of sp³-hybridized carbons (Fsp3) is 0.250. The number of benzene rings is 2. The summed E-state index contributed by atoms with van der Waals surface area (Å²) in [5.41, 5.74) is 0.449. The highest BCUT2D eigenvalue weighted by Gasteiger charge is 2.30. The smallest absolute Gasteiger partial charge is 0.268 e. The molecule has 0 atom stereocenters. The second-order valence-corrected chi connectivity index (χ2v) is 9.89. The molecule has 0 spiro atoms. The molecule has 0 N–H and O–H groups in total. The zero-order chi connectivity index (χ0) is 23.2. The molecular weight excluding hydrogens is 472 g/mol. The highest BCUT2D eigenvalue weighted by atomic mass is 32.2. The van der Waals surface area contributed by atoms with E-state index in [0.717, 1.165) is 60.0 Å². The van der Waals surface area contributed by atoms with Gasteiger partial charge in [0.15, 0.2) is 5.16 Å². The Bertz CT molecular complexity index is 1410. The average molecular weight is 491 g/mol. The molecule has 1 aliphatic rings. The van der Waals surface area contributed by atoms with E-state index >= 15 is 0 Å². The Labute approximate surface area is 195 Å². The van der Waals surface area contributed by atoms with Gasteiger partial charge in [0.1, 0.15) is 10.6 Å². The molecule has 33 heavy (non-hydrogen) atoms. The van der Waals surface area contributed by atoms with E-state index in [0.29, 0.717) is 15.8 Å². The van der Waals surface area contributed by atoms with Crippen LogP contribution < -0.4 is 5.56 Å². The molecule has 2 aromatic carbocycles. The van der Waals surface area contributed by atoms with Crippen molar-refractivity contribution < 1.29 is 17.6 Å². The van der Waals surface area contributed by atoms with Gasteiger partial charge in [0.05, 0.1) is 16.6 Å². The molecule has 0 bridgehead atoms. The first-order valence-electron chi connectivity index (χ1n) is 10.4. The Kier molecular flexibility index (Phi) is 5.78. The molecule has 2 heterocycles. The Balaban J connectivity index is 1.63. The van der Waals surface area contributed by atoms with Crippen LogP contribution in [-0.2, 0) is 24.8 Å². The zero-order valence-corrected chi connectivity index (χ0v) is 18.9. The van der Waals surface area contributed by atoms with Crippen LogP contribution in [0, 0.1) is 5.82 Å². The lowest BCUT2D eigenvalue weighted by Crippen LogP contribution is -2.23. The molecular formula is C24H18F4N2OS2. The number of hydrogen-bond donors (Lipinski definition) is 0. The van der Waals surface area contributed by atoms with Crippen molar-refractivity contribution in [3.63, 3.8) is 0 Å². The van der Waals surface area contributed by atoms with Crippen molar-refractivity contribution in [2.45, 2.75) is 42.8 Å². The summed E-state index contributed by atoms with van der Waals surface area (Å²) in [6.45, 7) is 0. The quantitative estimate of drug-likeness (QED) is 0.180. The van der Waals surface area contributed by atoms with Crippen molar-refractivity contribution in [3.8, 4) is 5.69 Å². The zero-order valence-electron chi connectivity index (χ0n) is 17.3. The summed E-state index contributed by atoms with van der Waals surface area (Å²) in [6.07, 6.45) is -0.714. The lowest BCUT2D eigenvalue weighted by Gasteiger charge is -2.14. The van der Waals surface area contributed by atoms with Crippen LogP contribution in [0.5, 0.6) is 0 Å². The number of hydrogen-bond acceptors (Lipinski definition) is 4. The highest BCUT2D eigenvalue weighted by Crippen LogP contribution is 2.36. The van der Waals surface area contributed by atoms with Crippen molar-refractivity contribution in [3.05, 3.63) is 86.3 Å². The third kappa shape index (κ3) is 4.19. The second-order valence-electron chi connectivity index (χ2n) is 7.86.